The number of fused-ring (bicyclic) bond motifs is 1. The molecule has 0 aliphatic carbocycles. The summed E-state index contributed by atoms with van der Waals surface area (Å²) in [6.07, 6.45) is 2.10. The summed E-state index contributed by atoms with van der Waals surface area (Å²) in [6.45, 7) is 4.10. The van der Waals surface area contributed by atoms with Gasteiger partial charge >= 0.3 is 0 Å². The van der Waals surface area contributed by atoms with E-state index >= 15 is 0 Å². The summed E-state index contributed by atoms with van der Waals surface area (Å²) in [5.74, 6) is 0.961. The third-order valence-corrected chi connectivity index (χ3v) is 2.04. The van der Waals surface area contributed by atoms with Crippen molar-refractivity contribution in [3.05, 3.63) is 17.6 Å². The van der Waals surface area contributed by atoms with Gasteiger partial charge in [0.25, 0.3) is 0 Å². The van der Waals surface area contributed by atoms with Gasteiger partial charge in [0.2, 0.25) is 5.91 Å². The molecule has 1 aliphatic heterocycles. The summed E-state index contributed by atoms with van der Waals surface area (Å²) in [4.78, 5) is 19.5. The Balaban J connectivity index is 2.40. The summed E-state index contributed by atoms with van der Waals surface area (Å²) in [5.41, 5.74) is 1.68. The lowest BCUT2D eigenvalue weighted by molar-refractivity contribution is -0.115. The summed E-state index contributed by atoms with van der Waals surface area (Å²) in [6, 6.07) is 0. The lowest BCUT2D eigenvalue weighted by atomic mass is 10.1. The number of hydrogen-bond donors (Lipinski definition) is 1. The summed E-state index contributed by atoms with van der Waals surface area (Å²) in [7, 11) is 0. The van der Waals surface area contributed by atoms with E-state index in [1.165, 1.54) is 0 Å². The van der Waals surface area contributed by atoms with Crippen molar-refractivity contribution in [1.29, 1.82) is 0 Å². The molecule has 0 radical (unpaired) electrons. The van der Waals surface area contributed by atoms with Gasteiger partial charge in [0.05, 0.1) is 17.8 Å². The fourth-order valence-corrected chi connectivity index (χ4v) is 1.26. The minimum Gasteiger partial charge on any atom is -0.309 e. The third kappa shape index (κ3) is 1.39. The fourth-order valence-electron chi connectivity index (χ4n) is 1.26. The molecule has 1 aliphatic rings. The van der Waals surface area contributed by atoms with E-state index in [-0.39, 0.29) is 5.91 Å². The summed E-state index contributed by atoms with van der Waals surface area (Å²) < 4.78 is 0. The van der Waals surface area contributed by atoms with Crippen LogP contribution in [0.1, 0.15) is 31.2 Å². The Morgan fingerprint density at radius 3 is 3.00 bits per heavy atom. The molecule has 0 atom stereocenters. The maximum absolute atomic E-state index is 11.0. The fraction of sp³-hybridized carbons (Fsp3) is 0.444. The number of hydrogen-bond acceptors (Lipinski definition) is 3. The van der Waals surface area contributed by atoms with E-state index in [4.69, 9.17) is 0 Å². The second-order valence-corrected chi connectivity index (χ2v) is 3.47. The molecule has 4 nitrogen and oxygen atoms in total. The molecule has 1 aromatic rings. The molecule has 0 aromatic carbocycles. The predicted molar refractivity (Wildman–Crippen MR) is 48.5 cm³/mol. The molecular formula is C9H11N3O. The van der Waals surface area contributed by atoms with Crippen molar-refractivity contribution in [1.82, 2.24) is 9.97 Å². The van der Waals surface area contributed by atoms with Crippen LogP contribution in [0.4, 0.5) is 5.82 Å². The average Bonchev–Trinajstić information content (AvgIpc) is 2.42. The number of nitrogens with zero attached hydrogens (tertiary/aromatic N) is 2. The molecule has 0 saturated carbocycles. The van der Waals surface area contributed by atoms with Crippen LogP contribution in [-0.4, -0.2) is 15.9 Å². The minimum atomic E-state index is -0.0177. The van der Waals surface area contributed by atoms with Gasteiger partial charge < -0.3 is 5.32 Å². The van der Waals surface area contributed by atoms with Crippen LogP contribution in [0.25, 0.3) is 0 Å². The Morgan fingerprint density at radius 2 is 2.31 bits per heavy atom. The third-order valence-electron chi connectivity index (χ3n) is 2.04. The lowest BCUT2D eigenvalue weighted by Gasteiger charge is -2.04. The van der Waals surface area contributed by atoms with Gasteiger partial charge in [-0.05, 0) is 5.92 Å². The quantitative estimate of drug-likeness (QED) is 0.698. The highest BCUT2D eigenvalue weighted by Gasteiger charge is 2.20. The minimum absolute atomic E-state index is 0.0177. The maximum Gasteiger partial charge on any atom is 0.231 e. The molecule has 2 heterocycles. The highest BCUT2D eigenvalue weighted by molar-refractivity contribution is 5.97. The molecule has 1 aromatic heterocycles. The van der Waals surface area contributed by atoms with Gasteiger partial charge in [0.1, 0.15) is 0 Å². The molecule has 13 heavy (non-hydrogen) atoms. The largest absolute Gasteiger partial charge is 0.309 e. The van der Waals surface area contributed by atoms with Crippen LogP contribution in [0.5, 0.6) is 0 Å². The van der Waals surface area contributed by atoms with E-state index in [1.54, 1.807) is 6.20 Å². The zero-order valence-corrected chi connectivity index (χ0v) is 7.66. The van der Waals surface area contributed by atoms with E-state index in [0.29, 0.717) is 18.2 Å². The van der Waals surface area contributed by atoms with Crippen molar-refractivity contribution < 1.29 is 4.79 Å². The molecule has 68 valence electrons. The summed E-state index contributed by atoms with van der Waals surface area (Å²) in [5, 5.41) is 2.68. The predicted octanol–water partition coefficient (Wildman–Crippen LogP) is 1.09. The van der Waals surface area contributed by atoms with Crippen LogP contribution in [0.15, 0.2) is 6.20 Å². The number of amides is 1. The number of carbonyl (C=O) groups excluding carboxylic acids is 1. The molecule has 1 amide bonds. The van der Waals surface area contributed by atoms with Crippen LogP contribution in [-0.2, 0) is 11.2 Å². The Labute approximate surface area is 76.4 Å². The van der Waals surface area contributed by atoms with Crippen LogP contribution in [0, 0.1) is 0 Å². The average molecular weight is 177 g/mol. The second-order valence-electron chi connectivity index (χ2n) is 3.47. The first-order valence-corrected chi connectivity index (χ1v) is 4.32. The van der Waals surface area contributed by atoms with Crippen LogP contribution < -0.4 is 5.32 Å². The number of anilines is 1. The number of carbonyl (C=O) groups is 1. The van der Waals surface area contributed by atoms with Crippen molar-refractivity contribution in [2.24, 2.45) is 0 Å². The van der Waals surface area contributed by atoms with Gasteiger partial charge in [-0.1, -0.05) is 13.8 Å². The van der Waals surface area contributed by atoms with Crippen LogP contribution >= 0.6 is 0 Å². The highest BCUT2D eigenvalue weighted by Crippen LogP contribution is 2.20. The number of rotatable bonds is 1. The van der Waals surface area contributed by atoms with Crippen molar-refractivity contribution in [3.63, 3.8) is 0 Å². The van der Waals surface area contributed by atoms with E-state index < -0.39 is 0 Å². The van der Waals surface area contributed by atoms with Crippen LogP contribution in [0.3, 0.4) is 0 Å². The Hall–Kier alpha value is -1.45. The first-order valence-electron chi connectivity index (χ1n) is 4.32. The molecule has 0 spiro atoms. The molecule has 1 N–H and O–H groups in total. The number of nitrogens with one attached hydrogen (secondary N) is 1. The van der Waals surface area contributed by atoms with E-state index in [0.717, 1.165) is 11.4 Å². The van der Waals surface area contributed by atoms with Gasteiger partial charge in [0, 0.05) is 6.20 Å². The van der Waals surface area contributed by atoms with E-state index in [9.17, 15) is 4.79 Å². The normalized spacial score (nSPS) is 14.5. The molecular weight excluding hydrogens is 166 g/mol. The molecule has 4 heteroatoms. The molecule has 0 saturated heterocycles. The molecule has 0 fully saturated rings. The van der Waals surface area contributed by atoms with Crippen molar-refractivity contribution in [3.8, 4) is 0 Å². The highest BCUT2D eigenvalue weighted by atomic mass is 16.1. The smallest absolute Gasteiger partial charge is 0.231 e. The zero-order chi connectivity index (χ0) is 9.42. The molecule has 0 bridgehead atoms. The lowest BCUT2D eigenvalue weighted by Crippen LogP contribution is -2.05. The summed E-state index contributed by atoms with van der Waals surface area (Å²) >= 11 is 0. The zero-order valence-electron chi connectivity index (χ0n) is 7.66. The first-order chi connectivity index (χ1) is 6.16. The maximum atomic E-state index is 11.0. The Kier molecular flexibility index (Phi) is 1.76. The molecule has 0 unspecified atom stereocenters. The van der Waals surface area contributed by atoms with E-state index in [1.807, 2.05) is 13.8 Å². The van der Waals surface area contributed by atoms with Crippen molar-refractivity contribution >= 4 is 11.7 Å². The van der Waals surface area contributed by atoms with Gasteiger partial charge in [-0.2, -0.15) is 0 Å². The van der Waals surface area contributed by atoms with Crippen molar-refractivity contribution in [2.75, 3.05) is 5.32 Å². The number of aromatic nitrogens is 2. The van der Waals surface area contributed by atoms with E-state index in [2.05, 4.69) is 15.3 Å². The second kappa shape index (κ2) is 2.80. The molecule has 2 rings (SSSR count). The van der Waals surface area contributed by atoms with Crippen molar-refractivity contribution in [2.45, 2.75) is 26.2 Å². The standard InChI is InChI=1S/C9H11N3O/c1-5(2)7-4-10-6-3-8(13)12-9(6)11-7/h4-5H,3H2,1-2H3,(H,11,12,13). The Bertz CT molecular complexity index is 360. The monoisotopic (exact) mass is 177 g/mol. The first kappa shape index (κ1) is 8.16. The topological polar surface area (TPSA) is 54.9 Å². The van der Waals surface area contributed by atoms with Gasteiger partial charge in [0.15, 0.2) is 5.82 Å². The Morgan fingerprint density at radius 1 is 1.54 bits per heavy atom. The van der Waals surface area contributed by atoms with Gasteiger partial charge in [-0.25, -0.2) is 4.98 Å². The van der Waals surface area contributed by atoms with Crippen LogP contribution in [0.2, 0.25) is 0 Å². The van der Waals surface area contributed by atoms with Gasteiger partial charge in [-0.15, -0.1) is 0 Å². The van der Waals surface area contributed by atoms with Gasteiger partial charge in [-0.3, -0.25) is 9.78 Å². The SMILES string of the molecule is CC(C)c1cnc2c(n1)NC(=O)C2.